The number of nitrogens with one attached hydrogen (secondary N) is 1. The number of anilines is 2. The minimum atomic E-state index is 0.704. The number of aromatic nitrogens is 4. The normalized spacial score (nSPS) is 11.1. The molecule has 6 heteroatoms. The lowest BCUT2D eigenvalue weighted by molar-refractivity contribution is 0.415. The molecule has 0 aliphatic heterocycles. The van der Waals surface area contributed by atoms with Gasteiger partial charge in [0.05, 0.1) is 23.8 Å². The van der Waals surface area contributed by atoms with Gasteiger partial charge in [0.15, 0.2) is 5.82 Å². The molecule has 1 N–H and O–H groups in total. The molecule has 0 fully saturated rings. The van der Waals surface area contributed by atoms with E-state index in [4.69, 9.17) is 4.74 Å². The Bertz CT molecular complexity index is 1330. The van der Waals surface area contributed by atoms with Gasteiger partial charge in [0, 0.05) is 22.1 Å². The van der Waals surface area contributed by atoms with Gasteiger partial charge in [-0.25, -0.2) is 4.98 Å². The monoisotopic (exact) mass is 381 g/mol. The van der Waals surface area contributed by atoms with Gasteiger partial charge in [0.25, 0.3) is 0 Å². The molecule has 3 aromatic carbocycles. The zero-order valence-corrected chi connectivity index (χ0v) is 16.1. The summed E-state index contributed by atoms with van der Waals surface area (Å²) in [6.45, 7) is 1.95. The standard InChI is InChI=1S/C23H19N5O/c1-15-20-13-18(29-2)9-10-19(20)23(27-26-15)25-16-8-11-22-21(12-16)24-14-28(22)17-6-4-3-5-7-17/h3-14H,1-2H3,(H,25,27). The van der Waals surface area contributed by atoms with Crippen molar-refractivity contribution >= 4 is 33.3 Å². The number of ether oxygens (including phenoxy) is 1. The van der Waals surface area contributed by atoms with Gasteiger partial charge in [-0.2, -0.15) is 5.10 Å². The Balaban J connectivity index is 1.53. The van der Waals surface area contributed by atoms with E-state index < -0.39 is 0 Å². The third-order valence-electron chi connectivity index (χ3n) is 5.02. The number of fused-ring (bicyclic) bond motifs is 2. The minimum Gasteiger partial charge on any atom is -0.497 e. The Morgan fingerprint density at radius 1 is 0.897 bits per heavy atom. The van der Waals surface area contributed by atoms with Crippen LogP contribution >= 0.6 is 0 Å². The Kier molecular flexibility index (Phi) is 4.09. The van der Waals surface area contributed by atoms with E-state index in [1.54, 1.807) is 7.11 Å². The lowest BCUT2D eigenvalue weighted by atomic mass is 10.1. The van der Waals surface area contributed by atoms with Crippen LogP contribution in [0.4, 0.5) is 11.5 Å². The maximum Gasteiger partial charge on any atom is 0.160 e. The molecule has 142 valence electrons. The van der Waals surface area contributed by atoms with Crippen LogP contribution in [0.2, 0.25) is 0 Å². The summed E-state index contributed by atoms with van der Waals surface area (Å²) in [5.41, 5.74) is 4.81. The van der Waals surface area contributed by atoms with Crippen LogP contribution in [0.5, 0.6) is 5.75 Å². The van der Waals surface area contributed by atoms with Crippen molar-refractivity contribution < 1.29 is 4.74 Å². The highest BCUT2D eigenvalue weighted by molar-refractivity contribution is 5.95. The van der Waals surface area contributed by atoms with Crippen LogP contribution in [0, 0.1) is 6.92 Å². The molecule has 2 heterocycles. The van der Waals surface area contributed by atoms with E-state index in [1.165, 1.54) is 0 Å². The molecule has 29 heavy (non-hydrogen) atoms. The predicted octanol–water partition coefficient (Wildman–Crippen LogP) is 5.03. The highest BCUT2D eigenvalue weighted by Gasteiger charge is 2.10. The Hall–Kier alpha value is -3.93. The van der Waals surface area contributed by atoms with Crippen molar-refractivity contribution in [1.29, 1.82) is 0 Å². The van der Waals surface area contributed by atoms with Crippen LogP contribution in [0.3, 0.4) is 0 Å². The van der Waals surface area contributed by atoms with E-state index >= 15 is 0 Å². The fourth-order valence-corrected chi connectivity index (χ4v) is 3.50. The summed E-state index contributed by atoms with van der Waals surface area (Å²) in [4.78, 5) is 4.57. The number of benzene rings is 3. The molecule has 0 radical (unpaired) electrons. The van der Waals surface area contributed by atoms with Crippen LogP contribution in [0.25, 0.3) is 27.5 Å². The molecule has 0 bridgehead atoms. The third kappa shape index (κ3) is 3.04. The first-order chi connectivity index (χ1) is 14.2. The second-order valence-electron chi connectivity index (χ2n) is 6.82. The lowest BCUT2D eigenvalue weighted by Crippen LogP contribution is -1.99. The molecule has 6 nitrogen and oxygen atoms in total. The van der Waals surface area contributed by atoms with Crippen molar-refractivity contribution in [3.05, 3.63) is 78.8 Å². The van der Waals surface area contributed by atoms with Crippen molar-refractivity contribution in [3.63, 3.8) is 0 Å². The minimum absolute atomic E-state index is 0.704. The third-order valence-corrected chi connectivity index (χ3v) is 5.02. The van der Waals surface area contributed by atoms with E-state index in [0.717, 1.165) is 44.6 Å². The van der Waals surface area contributed by atoms with Crippen molar-refractivity contribution in [1.82, 2.24) is 19.7 Å². The molecule has 0 amide bonds. The maximum absolute atomic E-state index is 5.34. The maximum atomic E-state index is 5.34. The molecular weight excluding hydrogens is 362 g/mol. The van der Waals surface area contributed by atoms with Gasteiger partial charge in [-0.05, 0) is 55.5 Å². The summed E-state index contributed by atoms with van der Waals surface area (Å²) in [5, 5.41) is 14.1. The molecular formula is C23H19N5O. The number of nitrogens with zero attached hydrogens (tertiary/aromatic N) is 4. The molecule has 0 aliphatic carbocycles. The molecule has 0 unspecified atom stereocenters. The second kappa shape index (κ2) is 6.91. The number of methoxy groups -OCH3 is 1. The molecule has 0 aliphatic rings. The van der Waals surface area contributed by atoms with Gasteiger partial charge < -0.3 is 10.1 Å². The fraction of sp³-hybridized carbons (Fsp3) is 0.0870. The van der Waals surface area contributed by atoms with Crippen molar-refractivity contribution in [3.8, 4) is 11.4 Å². The molecule has 5 aromatic rings. The van der Waals surface area contributed by atoms with E-state index in [0.29, 0.717) is 5.82 Å². The van der Waals surface area contributed by atoms with Gasteiger partial charge in [-0.15, -0.1) is 5.10 Å². The smallest absolute Gasteiger partial charge is 0.160 e. The summed E-state index contributed by atoms with van der Waals surface area (Å²) in [6, 6.07) is 22.2. The number of rotatable bonds is 4. The molecule has 5 rings (SSSR count). The molecule has 2 aromatic heterocycles. The summed E-state index contributed by atoms with van der Waals surface area (Å²) in [6.07, 6.45) is 1.84. The average Bonchev–Trinajstić information content (AvgIpc) is 3.19. The predicted molar refractivity (Wildman–Crippen MR) is 115 cm³/mol. The summed E-state index contributed by atoms with van der Waals surface area (Å²) >= 11 is 0. The largest absolute Gasteiger partial charge is 0.497 e. The van der Waals surface area contributed by atoms with Crippen LogP contribution < -0.4 is 10.1 Å². The van der Waals surface area contributed by atoms with Crippen molar-refractivity contribution in [2.45, 2.75) is 6.92 Å². The van der Waals surface area contributed by atoms with Crippen LogP contribution in [0.1, 0.15) is 5.69 Å². The van der Waals surface area contributed by atoms with Crippen LogP contribution in [-0.4, -0.2) is 26.9 Å². The van der Waals surface area contributed by atoms with Gasteiger partial charge in [-0.3, -0.25) is 4.57 Å². The summed E-state index contributed by atoms with van der Waals surface area (Å²) in [5.74, 6) is 1.50. The highest BCUT2D eigenvalue weighted by atomic mass is 16.5. The quantitative estimate of drug-likeness (QED) is 0.473. The van der Waals surface area contributed by atoms with E-state index in [-0.39, 0.29) is 0 Å². The number of hydrogen-bond acceptors (Lipinski definition) is 5. The first kappa shape index (κ1) is 17.2. The van der Waals surface area contributed by atoms with Gasteiger partial charge in [0.1, 0.15) is 12.1 Å². The van der Waals surface area contributed by atoms with E-state index in [2.05, 4.69) is 43.3 Å². The second-order valence-corrected chi connectivity index (χ2v) is 6.82. The molecule has 0 saturated carbocycles. The summed E-state index contributed by atoms with van der Waals surface area (Å²) < 4.78 is 7.42. The first-order valence-electron chi connectivity index (χ1n) is 9.33. The number of para-hydroxylation sites is 1. The number of aryl methyl sites for hydroxylation is 1. The Morgan fingerprint density at radius 2 is 1.76 bits per heavy atom. The number of imidazole rings is 1. The first-order valence-corrected chi connectivity index (χ1v) is 9.33. The summed E-state index contributed by atoms with van der Waals surface area (Å²) in [7, 11) is 1.66. The van der Waals surface area contributed by atoms with E-state index in [9.17, 15) is 0 Å². The molecule has 0 spiro atoms. The Labute approximate surface area is 167 Å². The van der Waals surface area contributed by atoms with E-state index in [1.807, 2.05) is 61.8 Å². The topological polar surface area (TPSA) is 64.9 Å². The lowest BCUT2D eigenvalue weighted by Gasteiger charge is -2.11. The van der Waals surface area contributed by atoms with Gasteiger partial charge in [-0.1, -0.05) is 18.2 Å². The zero-order valence-electron chi connectivity index (χ0n) is 16.1. The van der Waals surface area contributed by atoms with Crippen LogP contribution in [0.15, 0.2) is 73.1 Å². The number of hydrogen-bond donors (Lipinski definition) is 1. The van der Waals surface area contributed by atoms with Crippen molar-refractivity contribution in [2.24, 2.45) is 0 Å². The van der Waals surface area contributed by atoms with Gasteiger partial charge in [0.2, 0.25) is 0 Å². The molecule has 0 atom stereocenters. The SMILES string of the molecule is COc1ccc2c(Nc3ccc4c(c3)ncn4-c3ccccc3)nnc(C)c2c1. The Morgan fingerprint density at radius 3 is 2.59 bits per heavy atom. The highest BCUT2D eigenvalue weighted by Crippen LogP contribution is 2.30. The van der Waals surface area contributed by atoms with Crippen molar-refractivity contribution in [2.75, 3.05) is 12.4 Å². The molecule has 0 saturated heterocycles. The van der Waals surface area contributed by atoms with Gasteiger partial charge >= 0.3 is 0 Å². The average molecular weight is 381 g/mol. The fourth-order valence-electron chi connectivity index (χ4n) is 3.50. The van der Waals surface area contributed by atoms with Crippen LogP contribution in [-0.2, 0) is 0 Å². The zero-order chi connectivity index (χ0) is 19.8.